The molecule has 0 saturated heterocycles. The predicted octanol–water partition coefficient (Wildman–Crippen LogP) is 2.53. The Labute approximate surface area is 140 Å². The van der Waals surface area contributed by atoms with Crippen molar-refractivity contribution in [3.63, 3.8) is 0 Å². The summed E-state index contributed by atoms with van der Waals surface area (Å²) in [6.45, 7) is 7.81. The Morgan fingerprint density at radius 3 is 1.95 bits per heavy atom. The zero-order valence-electron chi connectivity index (χ0n) is 13.9. The maximum Gasteiger partial charge on any atom is 0.241 e. The molecule has 0 aliphatic carbocycles. The average Bonchev–Trinajstić information content (AvgIpc) is 2.44. The summed E-state index contributed by atoms with van der Waals surface area (Å²) in [5, 5.41) is 0. The van der Waals surface area contributed by atoms with Gasteiger partial charge in [0.25, 0.3) is 0 Å². The van der Waals surface area contributed by atoms with Crippen LogP contribution in [0.2, 0.25) is 0 Å². The number of hydrogen-bond donors (Lipinski definition) is 2. The molecule has 0 fully saturated rings. The molecule has 7 heteroatoms. The van der Waals surface area contributed by atoms with Gasteiger partial charge in [-0.05, 0) is 49.9 Å². The minimum atomic E-state index is -3.61. The lowest BCUT2D eigenvalue weighted by Crippen LogP contribution is -2.52. The highest BCUT2D eigenvalue weighted by Crippen LogP contribution is 2.27. The van der Waals surface area contributed by atoms with Crippen molar-refractivity contribution in [3.05, 3.63) is 23.3 Å². The number of aryl methyl sites for hydroxylation is 2. The van der Waals surface area contributed by atoms with Gasteiger partial charge in [0.2, 0.25) is 10.0 Å². The van der Waals surface area contributed by atoms with Crippen LogP contribution in [0.25, 0.3) is 0 Å². The minimum Gasteiger partial charge on any atom is -0.496 e. The molecular weight excluding hydrogens is 324 g/mol. The summed E-state index contributed by atoms with van der Waals surface area (Å²) in [6.07, 6.45) is 1.29. The van der Waals surface area contributed by atoms with E-state index in [0.717, 1.165) is 11.1 Å². The lowest BCUT2D eigenvalue weighted by Gasteiger charge is -2.31. The standard InChI is InChI=1S/C15H26N2O3S.ClH/c1-6-15(7-2,10-16)17-21(18,19)13-8-11(3)14(20-5)12(4)9-13;/h8-9,17H,6-7,10,16H2,1-5H3;1H. The Hall–Kier alpha value is -0.820. The Bertz CT molecular complexity index is 568. The van der Waals surface area contributed by atoms with E-state index in [-0.39, 0.29) is 23.8 Å². The third-order valence-corrected chi connectivity index (χ3v) is 5.60. The first-order chi connectivity index (χ1) is 9.75. The minimum absolute atomic E-state index is 0. The first-order valence-electron chi connectivity index (χ1n) is 7.14. The molecule has 0 amide bonds. The van der Waals surface area contributed by atoms with E-state index in [1.165, 1.54) is 0 Å². The molecule has 0 heterocycles. The molecular formula is C15H27ClN2O3S. The van der Waals surface area contributed by atoms with Crippen molar-refractivity contribution in [1.29, 1.82) is 0 Å². The van der Waals surface area contributed by atoms with E-state index in [9.17, 15) is 8.42 Å². The van der Waals surface area contributed by atoms with Gasteiger partial charge in [-0.1, -0.05) is 13.8 Å². The van der Waals surface area contributed by atoms with Crippen LogP contribution in [0, 0.1) is 13.8 Å². The van der Waals surface area contributed by atoms with Crippen LogP contribution in [0.4, 0.5) is 0 Å². The van der Waals surface area contributed by atoms with Crippen molar-refractivity contribution >= 4 is 22.4 Å². The molecule has 0 radical (unpaired) electrons. The fourth-order valence-electron chi connectivity index (χ4n) is 2.46. The Morgan fingerprint density at radius 1 is 1.18 bits per heavy atom. The summed E-state index contributed by atoms with van der Waals surface area (Å²) < 4.78 is 33.3. The summed E-state index contributed by atoms with van der Waals surface area (Å²) in [5.74, 6) is 0.713. The second kappa shape index (κ2) is 8.15. The number of rotatable bonds is 7. The molecule has 1 rings (SSSR count). The first kappa shape index (κ1) is 21.2. The number of methoxy groups -OCH3 is 1. The molecule has 128 valence electrons. The third kappa shape index (κ3) is 4.35. The summed E-state index contributed by atoms with van der Waals surface area (Å²) in [6, 6.07) is 3.25. The van der Waals surface area contributed by atoms with Gasteiger partial charge in [-0.2, -0.15) is 0 Å². The number of nitrogens with two attached hydrogens (primary N) is 1. The average molecular weight is 351 g/mol. The van der Waals surface area contributed by atoms with Gasteiger partial charge in [0, 0.05) is 12.1 Å². The summed E-state index contributed by atoms with van der Waals surface area (Å²) >= 11 is 0. The smallest absolute Gasteiger partial charge is 0.241 e. The van der Waals surface area contributed by atoms with Crippen LogP contribution < -0.4 is 15.2 Å². The van der Waals surface area contributed by atoms with Crippen molar-refractivity contribution in [1.82, 2.24) is 4.72 Å². The van der Waals surface area contributed by atoms with Gasteiger partial charge in [-0.3, -0.25) is 0 Å². The fraction of sp³-hybridized carbons (Fsp3) is 0.600. The molecule has 0 saturated carbocycles. The Morgan fingerprint density at radius 2 is 1.64 bits per heavy atom. The maximum absolute atomic E-state index is 12.6. The van der Waals surface area contributed by atoms with E-state index in [2.05, 4.69) is 4.72 Å². The van der Waals surface area contributed by atoms with Crippen LogP contribution in [-0.2, 0) is 10.0 Å². The van der Waals surface area contributed by atoms with Gasteiger partial charge in [0.15, 0.2) is 0 Å². The molecule has 3 N–H and O–H groups in total. The molecule has 0 unspecified atom stereocenters. The number of benzene rings is 1. The van der Waals surface area contributed by atoms with E-state index in [0.29, 0.717) is 18.6 Å². The zero-order valence-corrected chi connectivity index (χ0v) is 15.5. The molecule has 0 atom stereocenters. The van der Waals surface area contributed by atoms with Gasteiger partial charge < -0.3 is 10.5 Å². The number of hydrogen-bond acceptors (Lipinski definition) is 4. The maximum atomic E-state index is 12.6. The molecule has 1 aromatic carbocycles. The van der Waals surface area contributed by atoms with Crippen LogP contribution in [0.1, 0.15) is 37.8 Å². The van der Waals surface area contributed by atoms with Gasteiger partial charge in [0.1, 0.15) is 5.75 Å². The van der Waals surface area contributed by atoms with Gasteiger partial charge in [-0.15, -0.1) is 12.4 Å². The number of nitrogens with one attached hydrogen (secondary N) is 1. The highest BCUT2D eigenvalue weighted by atomic mass is 35.5. The predicted molar refractivity (Wildman–Crippen MR) is 92.4 cm³/mol. The Balaban J connectivity index is 0.00000441. The van der Waals surface area contributed by atoms with Gasteiger partial charge in [-0.25, -0.2) is 13.1 Å². The second-order valence-electron chi connectivity index (χ2n) is 5.39. The van der Waals surface area contributed by atoms with Crippen molar-refractivity contribution in [2.24, 2.45) is 5.73 Å². The van der Waals surface area contributed by atoms with Crippen molar-refractivity contribution < 1.29 is 13.2 Å². The Kier molecular flexibility index (Phi) is 7.85. The molecule has 0 aromatic heterocycles. The topological polar surface area (TPSA) is 81.4 Å². The van der Waals surface area contributed by atoms with E-state index < -0.39 is 15.6 Å². The highest BCUT2D eigenvalue weighted by molar-refractivity contribution is 7.89. The van der Waals surface area contributed by atoms with E-state index in [1.54, 1.807) is 19.2 Å². The van der Waals surface area contributed by atoms with Crippen molar-refractivity contribution in [2.75, 3.05) is 13.7 Å². The second-order valence-corrected chi connectivity index (χ2v) is 7.07. The van der Waals surface area contributed by atoms with Crippen molar-refractivity contribution in [3.8, 4) is 5.75 Å². The van der Waals surface area contributed by atoms with E-state index in [1.807, 2.05) is 27.7 Å². The monoisotopic (exact) mass is 350 g/mol. The molecule has 5 nitrogen and oxygen atoms in total. The summed E-state index contributed by atoms with van der Waals surface area (Å²) in [5.41, 5.74) is 6.77. The third-order valence-electron chi connectivity index (χ3n) is 4.04. The van der Waals surface area contributed by atoms with Gasteiger partial charge >= 0.3 is 0 Å². The van der Waals surface area contributed by atoms with Crippen LogP contribution in [0.5, 0.6) is 5.75 Å². The van der Waals surface area contributed by atoms with Crippen LogP contribution in [0.15, 0.2) is 17.0 Å². The number of sulfonamides is 1. The quantitative estimate of drug-likeness (QED) is 0.791. The van der Waals surface area contributed by atoms with Crippen LogP contribution in [-0.4, -0.2) is 27.6 Å². The zero-order chi connectivity index (χ0) is 16.3. The molecule has 0 spiro atoms. The molecule has 0 aliphatic rings. The highest BCUT2D eigenvalue weighted by Gasteiger charge is 2.31. The van der Waals surface area contributed by atoms with Crippen LogP contribution >= 0.6 is 12.4 Å². The molecule has 0 aliphatic heterocycles. The molecule has 0 bridgehead atoms. The fourth-order valence-corrected chi connectivity index (χ4v) is 4.18. The van der Waals surface area contributed by atoms with E-state index >= 15 is 0 Å². The molecule has 22 heavy (non-hydrogen) atoms. The summed E-state index contributed by atoms with van der Waals surface area (Å²) in [7, 11) is -2.03. The first-order valence-corrected chi connectivity index (χ1v) is 8.62. The van der Waals surface area contributed by atoms with E-state index in [4.69, 9.17) is 10.5 Å². The summed E-state index contributed by atoms with van der Waals surface area (Å²) in [4.78, 5) is 0.248. The van der Waals surface area contributed by atoms with Crippen molar-refractivity contribution in [2.45, 2.75) is 51.0 Å². The largest absolute Gasteiger partial charge is 0.496 e. The van der Waals surface area contributed by atoms with Gasteiger partial charge in [0.05, 0.1) is 12.0 Å². The lowest BCUT2D eigenvalue weighted by atomic mass is 9.95. The molecule has 1 aromatic rings. The SMILES string of the molecule is CCC(CC)(CN)NS(=O)(=O)c1cc(C)c(OC)c(C)c1.Cl. The normalized spacial score (nSPS) is 11.9. The lowest BCUT2D eigenvalue weighted by molar-refractivity contribution is 0.363. The number of ether oxygens (including phenoxy) is 1. The number of halogens is 1. The van der Waals surface area contributed by atoms with Crippen LogP contribution in [0.3, 0.4) is 0 Å².